The predicted molar refractivity (Wildman–Crippen MR) is 174 cm³/mol. The summed E-state index contributed by atoms with van der Waals surface area (Å²) in [7, 11) is 3.38. The van der Waals surface area contributed by atoms with E-state index in [1.54, 1.807) is 26.4 Å². The van der Waals surface area contributed by atoms with Crippen LogP contribution in [0.1, 0.15) is 51.7 Å². The highest BCUT2D eigenvalue weighted by molar-refractivity contribution is 5.96. The maximum atomic E-state index is 14.6. The summed E-state index contributed by atoms with van der Waals surface area (Å²) in [6.07, 6.45) is 4.04. The van der Waals surface area contributed by atoms with E-state index in [0.29, 0.717) is 18.6 Å². The molecule has 6 atom stereocenters. The quantitative estimate of drug-likeness (QED) is 0.398. The second-order valence-corrected chi connectivity index (χ2v) is 12.4. The van der Waals surface area contributed by atoms with Crippen LogP contribution in [0.25, 0.3) is 6.08 Å². The number of likely N-dealkylation sites (N-methyl/N-ethyl adjacent to an activating group) is 2. The SMILES string of the molecule is CCC(C)C1NC(=O)C2C(CCN2C(=O)C(Cc2ccccc2)N(C)C(=O)C(NC)C(C)C)Oc2ccc(cc2)C=CNC1=O. The molecule has 2 aromatic carbocycles. The third-order valence-corrected chi connectivity index (χ3v) is 8.97. The summed E-state index contributed by atoms with van der Waals surface area (Å²) in [5.41, 5.74) is 1.77. The molecule has 45 heavy (non-hydrogen) atoms. The minimum atomic E-state index is -1.01. The van der Waals surface area contributed by atoms with Crippen LogP contribution in [0.15, 0.2) is 60.8 Å². The molecule has 10 heteroatoms. The van der Waals surface area contributed by atoms with E-state index in [1.807, 2.05) is 82.3 Å². The van der Waals surface area contributed by atoms with E-state index in [1.165, 1.54) is 9.80 Å². The summed E-state index contributed by atoms with van der Waals surface area (Å²) in [5, 5.41) is 8.85. The van der Waals surface area contributed by atoms with E-state index in [9.17, 15) is 19.2 Å². The lowest BCUT2D eigenvalue weighted by Gasteiger charge is -2.36. The van der Waals surface area contributed by atoms with Gasteiger partial charge in [0.1, 0.15) is 30.0 Å². The van der Waals surface area contributed by atoms with Crippen LogP contribution in [0, 0.1) is 11.8 Å². The van der Waals surface area contributed by atoms with E-state index in [2.05, 4.69) is 16.0 Å². The van der Waals surface area contributed by atoms with Gasteiger partial charge >= 0.3 is 0 Å². The number of amides is 4. The second-order valence-electron chi connectivity index (χ2n) is 12.4. The lowest BCUT2D eigenvalue weighted by Crippen LogP contribution is -2.61. The van der Waals surface area contributed by atoms with Gasteiger partial charge in [0, 0.05) is 32.6 Å². The van der Waals surface area contributed by atoms with Crippen molar-refractivity contribution in [1.29, 1.82) is 0 Å². The normalized spacial score (nSPS) is 22.0. The van der Waals surface area contributed by atoms with Crippen molar-refractivity contribution in [3.63, 3.8) is 0 Å². The van der Waals surface area contributed by atoms with Crippen molar-refractivity contribution in [2.75, 3.05) is 20.6 Å². The average molecular weight is 618 g/mol. The number of likely N-dealkylation sites (tertiary alicyclic amines) is 1. The number of hydrogen-bond acceptors (Lipinski definition) is 6. The minimum Gasteiger partial charge on any atom is -0.488 e. The minimum absolute atomic E-state index is 0.00256. The van der Waals surface area contributed by atoms with Crippen molar-refractivity contribution < 1.29 is 23.9 Å². The number of hydrogen-bond donors (Lipinski definition) is 3. The van der Waals surface area contributed by atoms with Crippen LogP contribution in [-0.4, -0.2) is 84.3 Å². The maximum absolute atomic E-state index is 14.6. The van der Waals surface area contributed by atoms with Gasteiger partial charge in [-0.2, -0.15) is 0 Å². The lowest BCUT2D eigenvalue weighted by molar-refractivity contribution is -0.149. The van der Waals surface area contributed by atoms with Crippen molar-refractivity contribution in [3.05, 3.63) is 71.9 Å². The molecule has 0 spiro atoms. The zero-order valence-corrected chi connectivity index (χ0v) is 27.2. The second kappa shape index (κ2) is 15.2. The molecule has 0 aliphatic carbocycles. The Kier molecular flexibility index (Phi) is 11.4. The fourth-order valence-electron chi connectivity index (χ4n) is 6.06. The molecule has 5 rings (SSSR count). The molecule has 0 radical (unpaired) electrons. The van der Waals surface area contributed by atoms with Gasteiger partial charge in [-0.3, -0.25) is 19.2 Å². The molecule has 3 heterocycles. The molecule has 3 N–H and O–H groups in total. The fraction of sp³-hybridized carbons (Fsp3) is 0.486. The molecule has 6 unspecified atom stereocenters. The van der Waals surface area contributed by atoms with Gasteiger partial charge in [-0.05, 0) is 48.2 Å². The van der Waals surface area contributed by atoms with Gasteiger partial charge in [-0.15, -0.1) is 0 Å². The van der Waals surface area contributed by atoms with Crippen LogP contribution in [0.3, 0.4) is 0 Å². The molecule has 0 aromatic heterocycles. The van der Waals surface area contributed by atoms with Gasteiger partial charge in [-0.1, -0.05) is 76.6 Å². The number of benzene rings is 2. The zero-order chi connectivity index (χ0) is 32.7. The van der Waals surface area contributed by atoms with Gasteiger partial charge in [0.25, 0.3) is 0 Å². The lowest BCUT2D eigenvalue weighted by atomic mass is 9.97. The number of rotatable bonds is 9. The first kappa shape index (κ1) is 33.7. The summed E-state index contributed by atoms with van der Waals surface area (Å²) in [6, 6.07) is 13.7. The molecule has 1 saturated heterocycles. The van der Waals surface area contributed by atoms with Crippen molar-refractivity contribution in [1.82, 2.24) is 25.8 Å². The summed E-state index contributed by atoms with van der Waals surface area (Å²) in [5.74, 6) is -0.943. The molecule has 2 bridgehead atoms. The highest BCUT2D eigenvalue weighted by atomic mass is 16.5. The number of carbonyl (C=O) groups is 4. The fourth-order valence-corrected chi connectivity index (χ4v) is 6.06. The molecule has 3 aliphatic rings. The molecule has 10 nitrogen and oxygen atoms in total. The van der Waals surface area contributed by atoms with E-state index in [0.717, 1.165) is 11.1 Å². The number of carbonyl (C=O) groups excluding carboxylic acids is 4. The third-order valence-electron chi connectivity index (χ3n) is 8.97. The average Bonchev–Trinajstić information content (AvgIpc) is 3.45. The zero-order valence-electron chi connectivity index (χ0n) is 27.2. The van der Waals surface area contributed by atoms with Gasteiger partial charge in [0.2, 0.25) is 23.6 Å². The number of nitrogens with zero attached hydrogens (tertiary/aromatic N) is 2. The van der Waals surface area contributed by atoms with Gasteiger partial charge < -0.3 is 30.5 Å². The van der Waals surface area contributed by atoms with E-state index in [4.69, 9.17) is 4.74 Å². The number of ether oxygens (including phenoxy) is 1. The Morgan fingerprint density at radius 1 is 1.04 bits per heavy atom. The van der Waals surface area contributed by atoms with Gasteiger partial charge in [-0.25, -0.2) is 0 Å². The first-order chi connectivity index (χ1) is 21.5. The van der Waals surface area contributed by atoms with Crippen LogP contribution in [0.4, 0.5) is 0 Å². The summed E-state index contributed by atoms with van der Waals surface area (Å²) < 4.78 is 6.36. The van der Waals surface area contributed by atoms with Crippen LogP contribution >= 0.6 is 0 Å². The molecular weight excluding hydrogens is 570 g/mol. The van der Waals surface area contributed by atoms with E-state index >= 15 is 0 Å². The van der Waals surface area contributed by atoms with E-state index < -0.39 is 36.2 Å². The van der Waals surface area contributed by atoms with Crippen molar-refractivity contribution in [3.8, 4) is 5.75 Å². The van der Waals surface area contributed by atoms with Gasteiger partial charge in [0.15, 0.2) is 0 Å². The third kappa shape index (κ3) is 7.92. The monoisotopic (exact) mass is 617 g/mol. The Labute approximate surface area is 266 Å². The van der Waals surface area contributed by atoms with Crippen LogP contribution in [-0.2, 0) is 25.6 Å². The Morgan fingerprint density at radius 3 is 2.36 bits per heavy atom. The standard InChI is InChI=1S/C35H47N5O5/c1-7-23(4)30-32(41)37-19-17-24-13-15-26(16-14-24)45-28-18-20-40(31(28)33(42)38-30)34(43)27(21-25-11-9-8-10-12-25)39(6)35(44)29(36-5)22(2)3/h8-17,19,22-23,27-31,36H,7,18,20-21H2,1-6H3,(H,37,41)(H,38,42). The number of nitrogens with one attached hydrogen (secondary N) is 3. The van der Waals surface area contributed by atoms with Crippen molar-refractivity contribution in [2.24, 2.45) is 11.8 Å². The largest absolute Gasteiger partial charge is 0.488 e. The Bertz CT molecular complexity index is 1360. The topological polar surface area (TPSA) is 120 Å². The molecule has 2 aromatic rings. The Hall–Kier alpha value is -4.18. The molecule has 1 fully saturated rings. The molecule has 242 valence electrons. The Morgan fingerprint density at radius 2 is 1.73 bits per heavy atom. The van der Waals surface area contributed by atoms with E-state index in [-0.39, 0.29) is 42.5 Å². The van der Waals surface area contributed by atoms with Crippen LogP contribution in [0.5, 0.6) is 5.75 Å². The molecular formula is C35H47N5O5. The molecule has 3 aliphatic heterocycles. The highest BCUT2D eigenvalue weighted by Crippen LogP contribution is 2.28. The molecule has 4 amide bonds. The predicted octanol–water partition coefficient (Wildman–Crippen LogP) is 2.98. The van der Waals surface area contributed by atoms with Crippen molar-refractivity contribution in [2.45, 2.75) is 77.2 Å². The van der Waals surface area contributed by atoms with Crippen LogP contribution in [0.2, 0.25) is 0 Å². The smallest absolute Gasteiger partial charge is 0.247 e. The maximum Gasteiger partial charge on any atom is 0.247 e. The number of fused-ring (bicyclic) bond motifs is 7. The summed E-state index contributed by atoms with van der Waals surface area (Å²) in [4.78, 5) is 58.8. The summed E-state index contributed by atoms with van der Waals surface area (Å²) in [6.45, 7) is 8.03. The highest BCUT2D eigenvalue weighted by Gasteiger charge is 2.47. The van der Waals surface area contributed by atoms with Crippen molar-refractivity contribution >= 4 is 29.7 Å². The van der Waals surface area contributed by atoms with Crippen LogP contribution < -0.4 is 20.7 Å². The first-order valence-corrected chi connectivity index (χ1v) is 15.9. The van der Waals surface area contributed by atoms with Gasteiger partial charge in [0.05, 0.1) is 6.04 Å². The summed E-state index contributed by atoms with van der Waals surface area (Å²) >= 11 is 0. The first-order valence-electron chi connectivity index (χ1n) is 15.9. The molecule has 0 saturated carbocycles. The Balaban J connectivity index is 1.73.